The van der Waals surface area contributed by atoms with Crippen LogP contribution in [0.1, 0.15) is 13.3 Å². The molecular weight excluding hydrogens is 250 g/mol. The third kappa shape index (κ3) is 2.84. The number of rotatable bonds is 4. The predicted molar refractivity (Wildman–Crippen MR) is 70.8 cm³/mol. The molecule has 0 saturated heterocycles. The maximum absolute atomic E-state index is 11.2. The van der Waals surface area contributed by atoms with Crippen molar-refractivity contribution in [3.8, 4) is 17.1 Å². The maximum Gasteiger partial charge on any atom is 0.225 e. The lowest BCUT2D eigenvalue weighted by molar-refractivity contribution is -0.115. The third-order valence-electron chi connectivity index (χ3n) is 2.34. The summed E-state index contributed by atoms with van der Waals surface area (Å²) in [7, 11) is 1.62. The summed E-state index contributed by atoms with van der Waals surface area (Å²) < 4.78 is 9.29. The number of ether oxygens (including phenoxy) is 1. The summed E-state index contributed by atoms with van der Waals surface area (Å²) in [5, 5.41) is 3.21. The van der Waals surface area contributed by atoms with E-state index in [1.165, 1.54) is 11.5 Å². The fourth-order valence-electron chi connectivity index (χ4n) is 1.34. The van der Waals surface area contributed by atoms with Crippen LogP contribution in [-0.2, 0) is 4.79 Å². The van der Waals surface area contributed by atoms with Gasteiger partial charge in [-0.05, 0) is 24.3 Å². The number of hydrogen-bond donors (Lipinski definition) is 1. The van der Waals surface area contributed by atoms with Crippen LogP contribution in [0.5, 0.6) is 5.75 Å². The molecule has 0 aliphatic heterocycles. The molecule has 1 N–H and O–H groups in total. The second kappa shape index (κ2) is 5.59. The van der Waals surface area contributed by atoms with Crippen LogP contribution >= 0.6 is 11.5 Å². The van der Waals surface area contributed by atoms with Crippen LogP contribution in [0.2, 0.25) is 0 Å². The molecule has 1 amide bonds. The van der Waals surface area contributed by atoms with Crippen molar-refractivity contribution < 1.29 is 9.53 Å². The smallest absolute Gasteiger partial charge is 0.225 e. The molecule has 1 heterocycles. The van der Waals surface area contributed by atoms with Crippen LogP contribution in [0.4, 0.5) is 5.13 Å². The maximum atomic E-state index is 11.2. The van der Waals surface area contributed by atoms with Gasteiger partial charge in [-0.25, -0.2) is 0 Å². The zero-order chi connectivity index (χ0) is 13.0. The van der Waals surface area contributed by atoms with E-state index in [9.17, 15) is 4.79 Å². The van der Waals surface area contributed by atoms with Gasteiger partial charge in [-0.2, -0.15) is 9.36 Å². The van der Waals surface area contributed by atoms with Crippen LogP contribution in [0.3, 0.4) is 0 Å². The standard InChI is InChI=1S/C12H13N3O2S/c1-3-10(16)13-12-14-11(15-18-12)8-4-6-9(17-2)7-5-8/h4-7H,3H2,1-2H3,(H,13,14,15,16). The normalized spacial score (nSPS) is 10.1. The average Bonchev–Trinajstić information content (AvgIpc) is 2.87. The van der Waals surface area contributed by atoms with Gasteiger partial charge in [0.2, 0.25) is 11.0 Å². The first kappa shape index (κ1) is 12.5. The number of aromatic nitrogens is 2. The summed E-state index contributed by atoms with van der Waals surface area (Å²) in [4.78, 5) is 15.5. The molecule has 0 unspecified atom stereocenters. The predicted octanol–water partition coefficient (Wildman–Crippen LogP) is 2.56. The number of hydrogen-bond acceptors (Lipinski definition) is 5. The highest BCUT2D eigenvalue weighted by Gasteiger charge is 2.08. The van der Waals surface area contributed by atoms with Gasteiger partial charge >= 0.3 is 0 Å². The van der Waals surface area contributed by atoms with Crippen molar-refractivity contribution in [2.45, 2.75) is 13.3 Å². The Hall–Kier alpha value is -1.95. The highest BCUT2D eigenvalue weighted by Crippen LogP contribution is 2.23. The number of carbonyl (C=O) groups is 1. The van der Waals surface area contributed by atoms with Gasteiger partial charge in [-0.15, -0.1) is 0 Å². The number of nitrogens with zero attached hydrogens (tertiary/aromatic N) is 2. The number of methoxy groups -OCH3 is 1. The van der Waals surface area contributed by atoms with Gasteiger partial charge in [0.25, 0.3) is 0 Å². The Morgan fingerprint density at radius 3 is 2.72 bits per heavy atom. The van der Waals surface area contributed by atoms with E-state index in [0.717, 1.165) is 11.3 Å². The minimum Gasteiger partial charge on any atom is -0.497 e. The first-order valence-electron chi connectivity index (χ1n) is 5.51. The Balaban J connectivity index is 2.15. The molecule has 2 aromatic rings. The van der Waals surface area contributed by atoms with Crippen LogP contribution in [0.15, 0.2) is 24.3 Å². The highest BCUT2D eigenvalue weighted by molar-refractivity contribution is 7.10. The summed E-state index contributed by atoms with van der Waals surface area (Å²) in [5.74, 6) is 1.33. The van der Waals surface area contributed by atoms with E-state index in [1.807, 2.05) is 24.3 Å². The van der Waals surface area contributed by atoms with Gasteiger partial charge in [-0.3, -0.25) is 4.79 Å². The van der Waals surface area contributed by atoms with Crippen LogP contribution in [0.25, 0.3) is 11.4 Å². The third-order valence-corrected chi connectivity index (χ3v) is 2.97. The average molecular weight is 263 g/mol. The van der Waals surface area contributed by atoms with Crippen molar-refractivity contribution in [3.05, 3.63) is 24.3 Å². The lowest BCUT2D eigenvalue weighted by atomic mass is 10.2. The number of nitrogens with one attached hydrogen (secondary N) is 1. The van der Waals surface area contributed by atoms with Gasteiger partial charge in [0.1, 0.15) is 5.75 Å². The Bertz CT molecular complexity index is 537. The van der Waals surface area contributed by atoms with Crippen molar-refractivity contribution in [3.63, 3.8) is 0 Å². The Morgan fingerprint density at radius 2 is 2.11 bits per heavy atom. The topological polar surface area (TPSA) is 64.1 Å². The second-order valence-corrected chi connectivity index (χ2v) is 4.31. The molecule has 5 nitrogen and oxygen atoms in total. The summed E-state index contributed by atoms with van der Waals surface area (Å²) in [6.07, 6.45) is 0.428. The van der Waals surface area contributed by atoms with Crippen molar-refractivity contribution in [2.24, 2.45) is 0 Å². The summed E-state index contributed by atoms with van der Waals surface area (Å²) in [5.41, 5.74) is 0.893. The van der Waals surface area contributed by atoms with Gasteiger partial charge in [0, 0.05) is 23.5 Å². The molecule has 0 fully saturated rings. The van der Waals surface area contributed by atoms with E-state index in [0.29, 0.717) is 17.4 Å². The summed E-state index contributed by atoms with van der Waals surface area (Å²) in [6, 6.07) is 7.46. The number of anilines is 1. The molecule has 18 heavy (non-hydrogen) atoms. The van der Waals surface area contributed by atoms with E-state index in [-0.39, 0.29) is 5.91 Å². The van der Waals surface area contributed by atoms with E-state index >= 15 is 0 Å². The SMILES string of the molecule is CCC(=O)Nc1nc(-c2ccc(OC)cc2)ns1. The lowest BCUT2D eigenvalue weighted by Gasteiger charge is -1.99. The molecule has 0 atom stereocenters. The van der Waals surface area contributed by atoms with Crippen LogP contribution in [-0.4, -0.2) is 22.4 Å². The van der Waals surface area contributed by atoms with Gasteiger partial charge in [0.15, 0.2) is 5.82 Å². The molecule has 0 radical (unpaired) electrons. The van der Waals surface area contributed by atoms with Crippen molar-refractivity contribution >= 4 is 22.6 Å². The molecule has 0 spiro atoms. The zero-order valence-corrected chi connectivity index (χ0v) is 11.0. The van der Waals surface area contributed by atoms with Gasteiger partial charge in [-0.1, -0.05) is 6.92 Å². The van der Waals surface area contributed by atoms with Crippen molar-refractivity contribution in [2.75, 3.05) is 12.4 Å². The first-order chi connectivity index (χ1) is 8.72. The largest absolute Gasteiger partial charge is 0.497 e. The molecule has 0 bridgehead atoms. The van der Waals surface area contributed by atoms with E-state index in [2.05, 4.69) is 14.7 Å². The molecule has 1 aromatic heterocycles. The Morgan fingerprint density at radius 1 is 1.39 bits per heavy atom. The number of benzene rings is 1. The van der Waals surface area contributed by atoms with Crippen LogP contribution in [0, 0.1) is 0 Å². The minimum absolute atomic E-state index is 0.0626. The molecule has 0 saturated carbocycles. The molecule has 6 heteroatoms. The molecule has 0 aliphatic carbocycles. The number of carbonyl (C=O) groups excluding carboxylic acids is 1. The van der Waals surface area contributed by atoms with E-state index < -0.39 is 0 Å². The van der Waals surface area contributed by atoms with Gasteiger partial charge < -0.3 is 10.1 Å². The molecule has 94 valence electrons. The second-order valence-electron chi connectivity index (χ2n) is 3.55. The summed E-state index contributed by atoms with van der Waals surface area (Å²) in [6.45, 7) is 1.79. The molecule has 2 rings (SSSR count). The van der Waals surface area contributed by atoms with E-state index in [1.54, 1.807) is 14.0 Å². The van der Waals surface area contributed by atoms with Crippen molar-refractivity contribution in [1.29, 1.82) is 0 Å². The zero-order valence-electron chi connectivity index (χ0n) is 10.1. The summed E-state index contributed by atoms with van der Waals surface area (Å²) >= 11 is 1.17. The monoisotopic (exact) mass is 263 g/mol. The van der Waals surface area contributed by atoms with E-state index in [4.69, 9.17) is 4.74 Å². The fraction of sp³-hybridized carbons (Fsp3) is 0.250. The highest BCUT2D eigenvalue weighted by atomic mass is 32.1. The molecule has 0 aliphatic rings. The fourth-order valence-corrected chi connectivity index (χ4v) is 1.95. The quantitative estimate of drug-likeness (QED) is 0.920. The molecular formula is C12H13N3O2S. The minimum atomic E-state index is -0.0626. The number of amides is 1. The lowest BCUT2D eigenvalue weighted by Crippen LogP contribution is -2.08. The Kier molecular flexibility index (Phi) is 3.88. The Labute approximate surface area is 109 Å². The van der Waals surface area contributed by atoms with Gasteiger partial charge in [0.05, 0.1) is 7.11 Å². The first-order valence-corrected chi connectivity index (χ1v) is 6.28. The van der Waals surface area contributed by atoms with Crippen molar-refractivity contribution in [1.82, 2.24) is 9.36 Å². The van der Waals surface area contributed by atoms with Crippen LogP contribution < -0.4 is 10.1 Å². The molecule has 1 aromatic carbocycles.